The summed E-state index contributed by atoms with van der Waals surface area (Å²) in [5.74, 6) is 0.290. The van der Waals surface area contributed by atoms with Crippen LogP contribution in [-0.2, 0) is 4.79 Å². The lowest BCUT2D eigenvalue weighted by Crippen LogP contribution is -2.53. The number of nitrogens with zero attached hydrogens (tertiary/aromatic N) is 4. The average Bonchev–Trinajstić information content (AvgIpc) is 2.57. The van der Waals surface area contributed by atoms with Crippen LogP contribution in [0.25, 0.3) is 0 Å². The Morgan fingerprint density at radius 2 is 1.70 bits per heavy atom. The maximum Gasteiger partial charge on any atom is 0.236 e. The van der Waals surface area contributed by atoms with E-state index in [1.807, 2.05) is 4.90 Å². The summed E-state index contributed by atoms with van der Waals surface area (Å²) in [6.45, 7) is 10.4. The third-order valence-corrected chi connectivity index (χ3v) is 4.95. The van der Waals surface area contributed by atoms with Crippen molar-refractivity contribution in [1.29, 1.82) is 0 Å². The van der Waals surface area contributed by atoms with Crippen LogP contribution < -0.4 is 4.90 Å². The molecule has 23 heavy (non-hydrogen) atoms. The van der Waals surface area contributed by atoms with Gasteiger partial charge in [0, 0.05) is 58.0 Å². The third-order valence-electron chi connectivity index (χ3n) is 4.95. The number of likely N-dealkylation sites (N-methyl/N-ethyl adjacent to an activating group) is 1. The number of piperazine rings is 2. The summed E-state index contributed by atoms with van der Waals surface area (Å²) in [5.41, 5.74) is 2.56. The van der Waals surface area contributed by atoms with E-state index in [2.05, 4.69) is 52.9 Å². The summed E-state index contributed by atoms with van der Waals surface area (Å²) in [4.78, 5) is 21.5. The fourth-order valence-corrected chi connectivity index (χ4v) is 3.34. The highest BCUT2D eigenvalue weighted by molar-refractivity contribution is 5.78. The Hall–Kier alpha value is -1.59. The summed E-state index contributed by atoms with van der Waals surface area (Å²) in [6.07, 6.45) is 0. The van der Waals surface area contributed by atoms with Crippen LogP contribution in [0.15, 0.2) is 24.3 Å². The van der Waals surface area contributed by atoms with Gasteiger partial charge >= 0.3 is 0 Å². The molecule has 0 atom stereocenters. The Balaban J connectivity index is 1.47. The van der Waals surface area contributed by atoms with Crippen LogP contribution in [-0.4, -0.2) is 86.6 Å². The smallest absolute Gasteiger partial charge is 0.236 e. The SMILES string of the molecule is Cc1cccc(N2CCN(C(=O)CN3CCN(C)CC3)CC2)c1. The van der Waals surface area contributed by atoms with Crippen molar-refractivity contribution in [3.8, 4) is 0 Å². The predicted molar refractivity (Wildman–Crippen MR) is 93.9 cm³/mol. The second kappa shape index (κ2) is 7.32. The number of hydrogen-bond donors (Lipinski definition) is 0. The maximum atomic E-state index is 12.5. The molecule has 5 heteroatoms. The minimum Gasteiger partial charge on any atom is -0.368 e. The Morgan fingerprint density at radius 3 is 2.35 bits per heavy atom. The van der Waals surface area contributed by atoms with Gasteiger partial charge in [0.2, 0.25) is 5.91 Å². The Kier molecular flexibility index (Phi) is 5.18. The van der Waals surface area contributed by atoms with Crippen molar-refractivity contribution >= 4 is 11.6 Å². The number of rotatable bonds is 3. The van der Waals surface area contributed by atoms with E-state index in [0.29, 0.717) is 12.5 Å². The molecule has 126 valence electrons. The van der Waals surface area contributed by atoms with E-state index in [9.17, 15) is 4.79 Å². The van der Waals surface area contributed by atoms with Crippen LogP contribution in [0.4, 0.5) is 5.69 Å². The van der Waals surface area contributed by atoms with Gasteiger partial charge in [-0.1, -0.05) is 12.1 Å². The predicted octanol–water partition coefficient (Wildman–Crippen LogP) is 0.891. The molecule has 0 saturated carbocycles. The van der Waals surface area contributed by atoms with Crippen LogP contribution in [0.3, 0.4) is 0 Å². The van der Waals surface area contributed by atoms with Crippen molar-refractivity contribution in [1.82, 2.24) is 14.7 Å². The molecule has 2 saturated heterocycles. The van der Waals surface area contributed by atoms with E-state index in [-0.39, 0.29) is 0 Å². The fraction of sp³-hybridized carbons (Fsp3) is 0.611. The molecular weight excluding hydrogens is 288 g/mol. The quantitative estimate of drug-likeness (QED) is 0.828. The molecule has 2 heterocycles. The molecule has 0 radical (unpaired) electrons. The van der Waals surface area contributed by atoms with Gasteiger partial charge in [0.15, 0.2) is 0 Å². The van der Waals surface area contributed by atoms with E-state index in [0.717, 1.165) is 52.4 Å². The van der Waals surface area contributed by atoms with E-state index >= 15 is 0 Å². The Morgan fingerprint density at radius 1 is 1.00 bits per heavy atom. The highest BCUT2D eigenvalue weighted by Crippen LogP contribution is 2.18. The molecule has 3 rings (SSSR count). The van der Waals surface area contributed by atoms with Gasteiger partial charge in [-0.05, 0) is 31.7 Å². The first-order valence-electron chi connectivity index (χ1n) is 8.62. The standard InChI is InChI=1S/C18H28N4O/c1-16-4-3-5-17(14-16)21-10-12-22(13-11-21)18(23)15-20-8-6-19(2)7-9-20/h3-5,14H,6-13,15H2,1-2H3. The van der Waals surface area contributed by atoms with E-state index in [4.69, 9.17) is 0 Å². The molecule has 0 aromatic heterocycles. The van der Waals surface area contributed by atoms with Crippen LogP contribution in [0, 0.1) is 6.92 Å². The molecule has 2 fully saturated rings. The van der Waals surface area contributed by atoms with Gasteiger partial charge in [-0.25, -0.2) is 0 Å². The van der Waals surface area contributed by atoms with Gasteiger partial charge in [-0.3, -0.25) is 9.69 Å². The van der Waals surface area contributed by atoms with Crippen molar-refractivity contribution in [3.05, 3.63) is 29.8 Å². The minimum absolute atomic E-state index is 0.290. The largest absolute Gasteiger partial charge is 0.368 e. The van der Waals surface area contributed by atoms with E-state index in [1.165, 1.54) is 11.3 Å². The third kappa shape index (κ3) is 4.24. The molecular formula is C18H28N4O. The van der Waals surface area contributed by atoms with Crippen molar-refractivity contribution in [2.75, 3.05) is 70.9 Å². The summed E-state index contributed by atoms with van der Waals surface area (Å²) >= 11 is 0. The van der Waals surface area contributed by atoms with Crippen molar-refractivity contribution in [2.24, 2.45) is 0 Å². The zero-order valence-electron chi connectivity index (χ0n) is 14.4. The molecule has 5 nitrogen and oxygen atoms in total. The second-order valence-electron chi connectivity index (χ2n) is 6.79. The zero-order chi connectivity index (χ0) is 16.2. The van der Waals surface area contributed by atoms with Crippen LogP contribution in [0.1, 0.15) is 5.56 Å². The number of aryl methyl sites for hydroxylation is 1. The lowest BCUT2D eigenvalue weighted by molar-refractivity contribution is -0.133. The van der Waals surface area contributed by atoms with Gasteiger partial charge in [0.05, 0.1) is 6.54 Å². The first-order chi connectivity index (χ1) is 11.1. The minimum atomic E-state index is 0.290. The monoisotopic (exact) mass is 316 g/mol. The molecule has 1 aromatic carbocycles. The summed E-state index contributed by atoms with van der Waals surface area (Å²) in [5, 5.41) is 0. The lowest BCUT2D eigenvalue weighted by Gasteiger charge is -2.38. The summed E-state index contributed by atoms with van der Waals surface area (Å²) < 4.78 is 0. The van der Waals surface area contributed by atoms with Crippen molar-refractivity contribution in [3.63, 3.8) is 0 Å². The highest BCUT2D eigenvalue weighted by atomic mass is 16.2. The number of amides is 1. The molecule has 0 aliphatic carbocycles. The molecule has 0 bridgehead atoms. The zero-order valence-corrected chi connectivity index (χ0v) is 14.4. The molecule has 0 N–H and O–H groups in total. The normalized spacial score (nSPS) is 20.8. The number of benzene rings is 1. The second-order valence-corrected chi connectivity index (χ2v) is 6.79. The van der Waals surface area contributed by atoms with Gasteiger partial charge in [-0.15, -0.1) is 0 Å². The van der Waals surface area contributed by atoms with Gasteiger partial charge in [-0.2, -0.15) is 0 Å². The summed E-state index contributed by atoms with van der Waals surface area (Å²) in [6, 6.07) is 8.62. The van der Waals surface area contributed by atoms with Gasteiger partial charge in [0.25, 0.3) is 0 Å². The number of carbonyl (C=O) groups is 1. The maximum absolute atomic E-state index is 12.5. The van der Waals surface area contributed by atoms with E-state index < -0.39 is 0 Å². The number of hydrogen-bond acceptors (Lipinski definition) is 4. The molecule has 2 aliphatic rings. The van der Waals surface area contributed by atoms with Crippen LogP contribution in [0.2, 0.25) is 0 Å². The van der Waals surface area contributed by atoms with Gasteiger partial charge < -0.3 is 14.7 Å². The molecule has 1 aromatic rings. The Bertz CT molecular complexity index is 532. The highest BCUT2D eigenvalue weighted by Gasteiger charge is 2.24. The van der Waals surface area contributed by atoms with Crippen molar-refractivity contribution < 1.29 is 4.79 Å². The average molecular weight is 316 g/mol. The molecule has 0 unspecified atom stereocenters. The first kappa shape index (κ1) is 16.3. The Labute approximate surface area is 139 Å². The topological polar surface area (TPSA) is 30.0 Å². The molecule has 0 spiro atoms. The van der Waals surface area contributed by atoms with Gasteiger partial charge in [0.1, 0.15) is 0 Å². The molecule has 1 amide bonds. The van der Waals surface area contributed by atoms with E-state index in [1.54, 1.807) is 0 Å². The first-order valence-corrected chi connectivity index (χ1v) is 8.62. The number of anilines is 1. The van der Waals surface area contributed by atoms with Crippen LogP contribution in [0.5, 0.6) is 0 Å². The molecule has 2 aliphatic heterocycles. The van der Waals surface area contributed by atoms with Crippen LogP contribution >= 0.6 is 0 Å². The summed E-state index contributed by atoms with van der Waals surface area (Å²) in [7, 11) is 2.14. The number of carbonyl (C=O) groups excluding carboxylic acids is 1. The lowest BCUT2D eigenvalue weighted by atomic mass is 10.2. The van der Waals surface area contributed by atoms with Crippen molar-refractivity contribution in [2.45, 2.75) is 6.92 Å². The fourth-order valence-electron chi connectivity index (χ4n) is 3.34.